The predicted octanol–water partition coefficient (Wildman–Crippen LogP) is 0.921. The Labute approximate surface area is 123 Å². The van der Waals surface area contributed by atoms with Gasteiger partial charge in [0, 0.05) is 24.7 Å². The molecule has 0 aromatic carbocycles. The van der Waals surface area contributed by atoms with E-state index in [0.29, 0.717) is 18.6 Å². The van der Waals surface area contributed by atoms with Gasteiger partial charge in [-0.05, 0) is 45.7 Å². The van der Waals surface area contributed by atoms with Gasteiger partial charge in [0.1, 0.15) is 0 Å². The van der Waals surface area contributed by atoms with E-state index in [0.717, 1.165) is 25.8 Å². The highest BCUT2D eigenvalue weighted by Crippen LogP contribution is 2.32. The molecule has 0 spiro atoms. The highest BCUT2D eigenvalue weighted by molar-refractivity contribution is 7.89. The van der Waals surface area contributed by atoms with Crippen LogP contribution >= 0.6 is 0 Å². The van der Waals surface area contributed by atoms with Crippen LogP contribution < -0.4 is 10.0 Å². The Hall–Kier alpha value is -0.170. The third-order valence-corrected chi connectivity index (χ3v) is 6.09. The van der Waals surface area contributed by atoms with E-state index in [4.69, 9.17) is 0 Å². The fourth-order valence-corrected chi connectivity index (χ4v) is 4.76. The second-order valence-electron chi connectivity index (χ2n) is 6.26. The summed E-state index contributed by atoms with van der Waals surface area (Å²) in [6.45, 7) is 3.51. The summed E-state index contributed by atoms with van der Waals surface area (Å²) in [5.74, 6) is 0.189. The van der Waals surface area contributed by atoms with Gasteiger partial charge in [-0.2, -0.15) is 0 Å². The number of nitrogens with zero attached hydrogens (tertiary/aromatic N) is 1. The number of hydrogen-bond acceptors (Lipinski definition) is 4. The highest BCUT2D eigenvalue weighted by atomic mass is 32.2. The molecule has 2 saturated heterocycles. The van der Waals surface area contributed by atoms with Crippen molar-refractivity contribution >= 4 is 10.0 Å². The van der Waals surface area contributed by atoms with Crippen LogP contribution in [0.3, 0.4) is 0 Å². The molecule has 0 aromatic heterocycles. The number of fused-ring (bicyclic) bond motifs is 2. The van der Waals surface area contributed by atoms with E-state index in [1.54, 1.807) is 0 Å². The van der Waals surface area contributed by atoms with Gasteiger partial charge < -0.3 is 10.2 Å². The molecule has 20 heavy (non-hydrogen) atoms. The van der Waals surface area contributed by atoms with Crippen molar-refractivity contribution in [1.82, 2.24) is 14.9 Å². The molecule has 2 unspecified atom stereocenters. The molecule has 2 atom stereocenters. The summed E-state index contributed by atoms with van der Waals surface area (Å²) < 4.78 is 27.1. The van der Waals surface area contributed by atoms with Gasteiger partial charge in [0.25, 0.3) is 0 Å². The lowest BCUT2D eigenvalue weighted by molar-refractivity contribution is 0.0536. The minimum atomic E-state index is -3.14. The molecule has 2 bridgehead atoms. The Morgan fingerprint density at radius 2 is 1.80 bits per heavy atom. The van der Waals surface area contributed by atoms with E-state index in [1.165, 1.54) is 19.3 Å². The lowest BCUT2D eigenvalue weighted by Crippen LogP contribution is -2.55. The van der Waals surface area contributed by atoms with Gasteiger partial charge in [-0.3, -0.25) is 0 Å². The van der Waals surface area contributed by atoms with Crippen molar-refractivity contribution in [2.24, 2.45) is 0 Å². The van der Waals surface area contributed by atoms with Gasteiger partial charge in [-0.1, -0.05) is 13.3 Å². The number of piperidine rings is 2. The van der Waals surface area contributed by atoms with Gasteiger partial charge in [0.2, 0.25) is 10.0 Å². The van der Waals surface area contributed by atoms with Gasteiger partial charge in [0.15, 0.2) is 0 Å². The average molecular weight is 303 g/mol. The van der Waals surface area contributed by atoms with E-state index in [9.17, 15) is 8.42 Å². The van der Waals surface area contributed by atoms with Crippen molar-refractivity contribution in [3.8, 4) is 0 Å². The molecule has 5 nitrogen and oxygen atoms in total. The number of rotatable bonds is 7. The van der Waals surface area contributed by atoms with Crippen LogP contribution in [0.4, 0.5) is 0 Å². The maximum Gasteiger partial charge on any atom is 0.213 e. The standard InChI is InChI=1S/C14H29N3O2S/c1-3-7-15-8-9-20(18,19)16-12-10-13-5-4-6-14(11-12)17(13)2/h12-16H,3-11H2,1-2H3. The molecule has 118 valence electrons. The molecule has 2 aliphatic heterocycles. The smallest absolute Gasteiger partial charge is 0.213 e. The fourth-order valence-electron chi connectivity index (χ4n) is 3.53. The molecular formula is C14H29N3O2S. The van der Waals surface area contributed by atoms with Crippen molar-refractivity contribution in [3.05, 3.63) is 0 Å². The zero-order valence-electron chi connectivity index (χ0n) is 12.8. The molecule has 2 aliphatic rings. The predicted molar refractivity (Wildman–Crippen MR) is 82.3 cm³/mol. The Kier molecular flexibility index (Phi) is 5.84. The van der Waals surface area contributed by atoms with Crippen molar-refractivity contribution in [2.45, 2.75) is 63.6 Å². The lowest BCUT2D eigenvalue weighted by atomic mass is 9.83. The summed E-state index contributed by atoms with van der Waals surface area (Å²) in [6.07, 6.45) is 6.68. The third kappa shape index (κ3) is 4.41. The SMILES string of the molecule is CCCNCCS(=O)(=O)NC1CC2CCCC(C1)N2C. The molecular weight excluding hydrogens is 274 g/mol. The van der Waals surface area contributed by atoms with Crippen molar-refractivity contribution in [2.75, 3.05) is 25.9 Å². The van der Waals surface area contributed by atoms with Crippen LogP contribution in [0.1, 0.15) is 45.4 Å². The van der Waals surface area contributed by atoms with E-state index in [-0.39, 0.29) is 11.8 Å². The van der Waals surface area contributed by atoms with E-state index >= 15 is 0 Å². The minimum Gasteiger partial charge on any atom is -0.316 e. The van der Waals surface area contributed by atoms with E-state index in [2.05, 4.69) is 28.9 Å². The molecule has 0 radical (unpaired) electrons. The average Bonchev–Trinajstić information content (AvgIpc) is 2.36. The largest absolute Gasteiger partial charge is 0.316 e. The quantitative estimate of drug-likeness (QED) is 0.687. The van der Waals surface area contributed by atoms with Crippen molar-refractivity contribution in [1.29, 1.82) is 0 Å². The maximum atomic E-state index is 12.1. The number of sulfonamides is 1. The summed E-state index contributed by atoms with van der Waals surface area (Å²) in [7, 11) is -0.953. The third-order valence-electron chi connectivity index (χ3n) is 4.66. The summed E-state index contributed by atoms with van der Waals surface area (Å²) in [4.78, 5) is 2.46. The van der Waals surface area contributed by atoms with Crippen LogP contribution in [0, 0.1) is 0 Å². The van der Waals surface area contributed by atoms with E-state index in [1.807, 2.05) is 0 Å². The van der Waals surface area contributed by atoms with Crippen LogP contribution in [0.5, 0.6) is 0 Å². The Morgan fingerprint density at radius 3 is 2.40 bits per heavy atom. The van der Waals surface area contributed by atoms with Crippen LogP contribution in [-0.4, -0.2) is 57.3 Å². The first kappa shape index (κ1) is 16.2. The van der Waals surface area contributed by atoms with Crippen LogP contribution in [0.25, 0.3) is 0 Å². The topological polar surface area (TPSA) is 61.4 Å². The van der Waals surface area contributed by atoms with Gasteiger partial charge in [-0.15, -0.1) is 0 Å². The van der Waals surface area contributed by atoms with Crippen LogP contribution in [0.15, 0.2) is 0 Å². The molecule has 0 aromatic rings. The highest BCUT2D eigenvalue weighted by Gasteiger charge is 2.37. The lowest BCUT2D eigenvalue weighted by Gasteiger charge is -2.47. The molecule has 0 saturated carbocycles. The second-order valence-corrected chi connectivity index (χ2v) is 8.13. The molecule has 2 fully saturated rings. The van der Waals surface area contributed by atoms with Crippen LogP contribution in [-0.2, 0) is 10.0 Å². The zero-order valence-corrected chi connectivity index (χ0v) is 13.6. The molecule has 0 amide bonds. The first-order valence-corrected chi connectivity index (χ1v) is 9.59. The molecule has 6 heteroatoms. The minimum absolute atomic E-state index is 0.137. The molecule has 2 heterocycles. The van der Waals surface area contributed by atoms with Gasteiger partial charge in [-0.25, -0.2) is 13.1 Å². The fraction of sp³-hybridized carbons (Fsp3) is 1.00. The summed E-state index contributed by atoms with van der Waals surface area (Å²) >= 11 is 0. The zero-order chi connectivity index (χ0) is 14.6. The summed E-state index contributed by atoms with van der Waals surface area (Å²) in [5.41, 5.74) is 0. The van der Waals surface area contributed by atoms with Gasteiger partial charge in [0.05, 0.1) is 5.75 Å². The van der Waals surface area contributed by atoms with Gasteiger partial charge >= 0.3 is 0 Å². The summed E-state index contributed by atoms with van der Waals surface area (Å²) in [5, 5.41) is 3.15. The normalized spacial score (nSPS) is 31.4. The Morgan fingerprint density at radius 1 is 1.15 bits per heavy atom. The monoisotopic (exact) mass is 303 g/mol. The van der Waals surface area contributed by atoms with E-state index < -0.39 is 10.0 Å². The molecule has 2 N–H and O–H groups in total. The van der Waals surface area contributed by atoms with Crippen molar-refractivity contribution in [3.63, 3.8) is 0 Å². The first-order chi connectivity index (χ1) is 9.52. The van der Waals surface area contributed by atoms with Crippen LogP contribution in [0.2, 0.25) is 0 Å². The maximum absolute atomic E-state index is 12.1. The molecule has 2 rings (SSSR count). The first-order valence-electron chi connectivity index (χ1n) is 7.94. The molecule has 0 aliphatic carbocycles. The Balaban J connectivity index is 1.81. The second kappa shape index (κ2) is 7.20. The summed E-state index contributed by atoms with van der Waals surface area (Å²) in [6, 6.07) is 1.26. The van der Waals surface area contributed by atoms with Crippen molar-refractivity contribution < 1.29 is 8.42 Å². The number of nitrogens with one attached hydrogen (secondary N) is 2. The number of hydrogen-bond donors (Lipinski definition) is 2. The Bertz CT molecular complexity index is 385.